The number of nitrogens with zero attached hydrogens (tertiary/aromatic N) is 2. The Hall–Kier alpha value is -2.59. The van der Waals surface area contributed by atoms with Crippen LogP contribution in [-0.2, 0) is 16.1 Å². The Morgan fingerprint density at radius 1 is 1.16 bits per heavy atom. The quantitative estimate of drug-likeness (QED) is 0.617. The lowest BCUT2D eigenvalue weighted by Gasteiger charge is -2.10. The molecule has 0 aliphatic carbocycles. The average Bonchev–Trinajstić information content (AvgIpc) is 2.91. The van der Waals surface area contributed by atoms with Crippen molar-refractivity contribution in [2.24, 2.45) is 0 Å². The number of hydrogen-bond donors (Lipinski definition) is 0. The minimum atomic E-state index is -0.278. The van der Waals surface area contributed by atoms with Gasteiger partial charge in [-0.15, -0.1) is 0 Å². The standard InChI is InChI=1S/C20H19ClN2O2/c1-14(2)25-20(24)13-23-18-6-4-3-5-17(18)22-19(23)12-9-15-7-10-16(21)11-8-15/h3-12,14H,13H2,1-2H3/b12-9+. The van der Waals surface area contributed by atoms with E-state index < -0.39 is 0 Å². The summed E-state index contributed by atoms with van der Waals surface area (Å²) >= 11 is 5.91. The lowest BCUT2D eigenvalue weighted by molar-refractivity contribution is -0.148. The van der Waals surface area contributed by atoms with E-state index in [-0.39, 0.29) is 18.6 Å². The van der Waals surface area contributed by atoms with Gasteiger partial charge in [0.25, 0.3) is 0 Å². The van der Waals surface area contributed by atoms with E-state index >= 15 is 0 Å². The van der Waals surface area contributed by atoms with E-state index in [2.05, 4.69) is 4.98 Å². The van der Waals surface area contributed by atoms with E-state index in [1.807, 2.05) is 79.1 Å². The molecule has 0 radical (unpaired) electrons. The Bertz CT molecular complexity index is 911. The van der Waals surface area contributed by atoms with E-state index in [1.54, 1.807) is 0 Å². The lowest BCUT2D eigenvalue weighted by Crippen LogP contribution is -2.18. The van der Waals surface area contributed by atoms with Crippen molar-refractivity contribution in [1.29, 1.82) is 0 Å². The number of ether oxygens (including phenoxy) is 1. The van der Waals surface area contributed by atoms with Crippen LogP contribution in [0.4, 0.5) is 0 Å². The van der Waals surface area contributed by atoms with Crippen LogP contribution in [-0.4, -0.2) is 21.6 Å². The van der Waals surface area contributed by atoms with Gasteiger partial charge in [-0.05, 0) is 49.8 Å². The Morgan fingerprint density at radius 3 is 2.60 bits per heavy atom. The molecular weight excluding hydrogens is 336 g/mol. The summed E-state index contributed by atoms with van der Waals surface area (Å²) in [6.45, 7) is 3.80. The molecule has 2 aromatic carbocycles. The number of halogens is 1. The summed E-state index contributed by atoms with van der Waals surface area (Å²) in [5.74, 6) is 0.427. The summed E-state index contributed by atoms with van der Waals surface area (Å²) < 4.78 is 7.14. The molecule has 0 spiro atoms. The molecule has 0 saturated carbocycles. The van der Waals surface area contributed by atoms with Crippen LogP contribution >= 0.6 is 11.6 Å². The van der Waals surface area contributed by atoms with E-state index in [1.165, 1.54) is 0 Å². The zero-order chi connectivity index (χ0) is 17.8. The van der Waals surface area contributed by atoms with E-state index in [4.69, 9.17) is 16.3 Å². The van der Waals surface area contributed by atoms with Crippen molar-refractivity contribution >= 4 is 40.8 Å². The monoisotopic (exact) mass is 354 g/mol. The smallest absolute Gasteiger partial charge is 0.326 e. The molecule has 0 amide bonds. The minimum Gasteiger partial charge on any atom is -0.462 e. The number of rotatable bonds is 5. The van der Waals surface area contributed by atoms with E-state index in [0.717, 1.165) is 16.6 Å². The van der Waals surface area contributed by atoms with Gasteiger partial charge in [-0.3, -0.25) is 4.79 Å². The zero-order valence-electron chi connectivity index (χ0n) is 14.1. The van der Waals surface area contributed by atoms with Gasteiger partial charge >= 0.3 is 5.97 Å². The first-order valence-corrected chi connectivity index (χ1v) is 8.49. The maximum absolute atomic E-state index is 12.1. The van der Waals surface area contributed by atoms with E-state index in [0.29, 0.717) is 10.8 Å². The van der Waals surface area contributed by atoms with Crippen LogP contribution in [0.3, 0.4) is 0 Å². The average molecular weight is 355 g/mol. The molecule has 0 unspecified atom stereocenters. The maximum atomic E-state index is 12.1. The van der Waals surface area contributed by atoms with Gasteiger partial charge in [-0.25, -0.2) is 4.98 Å². The van der Waals surface area contributed by atoms with Crippen LogP contribution in [0, 0.1) is 0 Å². The molecule has 0 bridgehead atoms. The van der Waals surface area contributed by atoms with Gasteiger partial charge in [0.1, 0.15) is 12.4 Å². The second-order valence-corrected chi connectivity index (χ2v) is 6.40. The molecule has 0 aliphatic rings. The zero-order valence-corrected chi connectivity index (χ0v) is 14.9. The molecule has 1 heterocycles. The number of carbonyl (C=O) groups is 1. The van der Waals surface area contributed by atoms with Crippen molar-refractivity contribution in [3.05, 3.63) is 64.9 Å². The molecule has 5 heteroatoms. The first kappa shape index (κ1) is 17.2. The highest BCUT2D eigenvalue weighted by Gasteiger charge is 2.13. The van der Waals surface area contributed by atoms with Crippen molar-refractivity contribution < 1.29 is 9.53 Å². The molecule has 3 rings (SSSR count). The maximum Gasteiger partial charge on any atom is 0.326 e. The van der Waals surface area contributed by atoms with Gasteiger partial charge in [0.2, 0.25) is 0 Å². The third-order valence-electron chi connectivity index (χ3n) is 3.63. The molecule has 4 nitrogen and oxygen atoms in total. The lowest BCUT2D eigenvalue weighted by atomic mass is 10.2. The number of para-hydroxylation sites is 2. The summed E-state index contributed by atoms with van der Waals surface area (Å²) in [7, 11) is 0. The number of aromatic nitrogens is 2. The summed E-state index contributed by atoms with van der Waals surface area (Å²) in [6, 6.07) is 15.3. The number of imidazole rings is 1. The number of fused-ring (bicyclic) bond motifs is 1. The van der Waals surface area contributed by atoms with Gasteiger partial charge in [0.15, 0.2) is 0 Å². The molecule has 128 valence electrons. The normalized spacial score (nSPS) is 11.5. The van der Waals surface area contributed by atoms with Crippen molar-refractivity contribution in [3.63, 3.8) is 0 Å². The predicted octanol–water partition coefficient (Wildman–Crippen LogP) is 4.81. The Labute approximate surface area is 151 Å². The topological polar surface area (TPSA) is 44.1 Å². The highest BCUT2D eigenvalue weighted by molar-refractivity contribution is 6.30. The van der Waals surface area contributed by atoms with Gasteiger partial charge in [0.05, 0.1) is 17.1 Å². The van der Waals surface area contributed by atoms with Crippen molar-refractivity contribution in [1.82, 2.24) is 9.55 Å². The molecule has 1 aromatic heterocycles. The molecule has 0 fully saturated rings. The fraction of sp³-hybridized carbons (Fsp3) is 0.200. The molecule has 0 aliphatic heterocycles. The molecular formula is C20H19ClN2O2. The van der Waals surface area contributed by atoms with Crippen molar-refractivity contribution in [3.8, 4) is 0 Å². The molecule has 3 aromatic rings. The van der Waals surface area contributed by atoms with Gasteiger partial charge in [-0.2, -0.15) is 0 Å². The minimum absolute atomic E-state index is 0.124. The second kappa shape index (κ2) is 7.53. The molecule has 0 atom stereocenters. The van der Waals surface area contributed by atoms with Crippen LogP contribution in [0.15, 0.2) is 48.5 Å². The Kier molecular flexibility index (Phi) is 5.19. The molecule has 25 heavy (non-hydrogen) atoms. The Balaban J connectivity index is 1.94. The fourth-order valence-electron chi connectivity index (χ4n) is 2.56. The highest BCUT2D eigenvalue weighted by atomic mass is 35.5. The first-order chi connectivity index (χ1) is 12.0. The van der Waals surface area contributed by atoms with Crippen LogP contribution in [0.5, 0.6) is 0 Å². The molecule has 0 N–H and O–H groups in total. The fourth-order valence-corrected chi connectivity index (χ4v) is 2.69. The molecule has 0 saturated heterocycles. The summed E-state index contributed by atoms with van der Waals surface area (Å²) in [4.78, 5) is 16.7. The van der Waals surface area contributed by atoms with Gasteiger partial charge in [-0.1, -0.05) is 41.9 Å². The first-order valence-electron chi connectivity index (χ1n) is 8.11. The van der Waals surface area contributed by atoms with Crippen LogP contribution in [0.1, 0.15) is 25.2 Å². The van der Waals surface area contributed by atoms with E-state index in [9.17, 15) is 4.79 Å². The third-order valence-corrected chi connectivity index (χ3v) is 3.89. The SMILES string of the molecule is CC(C)OC(=O)Cn1c(/C=C/c2ccc(Cl)cc2)nc2ccccc21. The number of esters is 1. The summed E-state index contributed by atoms with van der Waals surface area (Å²) in [5, 5.41) is 0.695. The van der Waals surface area contributed by atoms with Crippen LogP contribution < -0.4 is 0 Å². The van der Waals surface area contributed by atoms with Crippen LogP contribution in [0.25, 0.3) is 23.2 Å². The van der Waals surface area contributed by atoms with Crippen molar-refractivity contribution in [2.75, 3.05) is 0 Å². The second-order valence-electron chi connectivity index (χ2n) is 5.97. The van der Waals surface area contributed by atoms with Gasteiger partial charge in [0, 0.05) is 5.02 Å². The number of benzene rings is 2. The Morgan fingerprint density at radius 2 is 1.88 bits per heavy atom. The third kappa shape index (κ3) is 4.28. The number of carbonyl (C=O) groups excluding carboxylic acids is 1. The summed E-state index contributed by atoms with van der Waals surface area (Å²) in [6.07, 6.45) is 3.70. The largest absolute Gasteiger partial charge is 0.462 e. The summed E-state index contributed by atoms with van der Waals surface area (Å²) in [5.41, 5.74) is 2.75. The van der Waals surface area contributed by atoms with Gasteiger partial charge < -0.3 is 9.30 Å². The predicted molar refractivity (Wildman–Crippen MR) is 101 cm³/mol. The van der Waals surface area contributed by atoms with Crippen LogP contribution in [0.2, 0.25) is 5.02 Å². The highest BCUT2D eigenvalue weighted by Crippen LogP contribution is 2.19. The van der Waals surface area contributed by atoms with Crippen molar-refractivity contribution in [2.45, 2.75) is 26.5 Å². The number of hydrogen-bond acceptors (Lipinski definition) is 3.